The fourth-order valence-electron chi connectivity index (χ4n) is 4.09. The average Bonchev–Trinajstić information content (AvgIpc) is 3.47. The molecule has 1 amide bonds. The van der Waals surface area contributed by atoms with E-state index in [0.717, 1.165) is 5.56 Å². The Hall–Kier alpha value is -3.84. The number of hydrogen-bond acceptors (Lipinski definition) is 10. The smallest absolute Gasteiger partial charge is 0.251 e. The monoisotopic (exact) mass is 525 g/mol. The van der Waals surface area contributed by atoms with Crippen molar-refractivity contribution in [2.75, 3.05) is 19.5 Å². The van der Waals surface area contributed by atoms with E-state index in [-0.39, 0.29) is 0 Å². The van der Waals surface area contributed by atoms with Gasteiger partial charge in [-0.1, -0.05) is 23.7 Å². The Bertz CT molecular complexity index is 1450. The summed E-state index contributed by atoms with van der Waals surface area (Å²) < 4.78 is 12.5. The number of fused-ring (bicyclic) bond motifs is 1. The molecule has 4 unspecified atom stereocenters. The molecule has 0 spiro atoms. The molecule has 4 atom stereocenters. The number of aliphatic hydroxyl groups excluding tert-OH is 2. The minimum Gasteiger partial charge on any atom is -0.495 e. The molecular formula is C24H24ClN7O5. The Morgan fingerprint density at radius 1 is 1.22 bits per heavy atom. The number of hydrogen-bond donors (Lipinski definition) is 4. The van der Waals surface area contributed by atoms with Gasteiger partial charge in [0.1, 0.15) is 18.0 Å². The summed E-state index contributed by atoms with van der Waals surface area (Å²) in [6.07, 6.45) is -0.637. The van der Waals surface area contributed by atoms with Crippen molar-refractivity contribution < 1.29 is 24.5 Å². The second-order valence-corrected chi connectivity index (χ2v) is 8.80. The van der Waals surface area contributed by atoms with E-state index in [1.54, 1.807) is 24.5 Å². The number of amides is 1. The molecule has 1 aliphatic rings. The predicted molar refractivity (Wildman–Crippen MR) is 134 cm³/mol. The number of pyridine rings is 1. The Morgan fingerprint density at radius 3 is 2.81 bits per heavy atom. The van der Waals surface area contributed by atoms with Crippen LogP contribution in [0.25, 0.3) is 22.6 Å². The van der Waals surface area contributed by atoms with Gasteiger partial charge in [-0.05, 0) is 23.8 Å². The summed E-state index contributed by atoms with van der Waals surface area (Å²) in [5, 5.41) is 27.4. The first-order valence-corrected chi connectivity index (χ1v) is 11.7. The van der Waals surface area contributed by atoms with Crippen LogP contribution in [0.1, 0.15) is 11.8 Å². The second kappa shape index (κ2) is 10.3. The number of carbonyl (C=O) groups excluding carboxylic acids is 1. The number of carbonyl (C=O) groups is 1. The Balaban J connectivity index is 1.59. The molecule has 1 aliphatic heterocycles. The Kier molecular flexibility index (Phi) is 6.89. The SMILES string of the molecule is CNC(=O)C1OC(n2cnc3c(NCc4cccc(Cl)c4)nc(-c4cncc(OC)c4)nc32)C(O)C1O. The van der Waals surface area contributed by atoms with Crippen LogP contribution in [-0.4, -0.2) is 73.1 Å². The standard InChI is InChI=1S/C24H24ClN7O5/c1-26-23(35)19-17(33)18(34)24(37-19)32-11-29-16-21(28-8-12-4-3-5-14(25)6-12)30-20(31-22(16)32)13-7-15(36-2)10-27-9-13/h3-7,9-11,17-19,24,33-34H,8H2,1-2H3,(H,26,35)(H,28,30,31). The van der Waals surface area contributed by atoms with E-state index in [9.17, 15) is 15.0 Å². The molecule has 1 fully saturated rings. The summed E-state index contributed by atoms with van der Waals surface area (Å²) in [4.78, 5) is 30.1. The van der Waals surface area contributed by atoms with Crippen LogP contribution in [0.5, 0.6) is 5.75 Å². The van der Waals surface area contributed by atoms with Crippen molar-refractivity contribution in [3.63, 3.8) is 0 Å². The number of nitrogens with one attached hydrogen (secondary N) is 2. The molecule has 37 heavy (non-hydrogen) atoms. The van der Waals surface area contributed by atoms with Gasteiger partial charge in [0.25, 0.3) is 5.91 Å². The summed E-state index contributed by atoms with van der Waals surface area (Å²) in [5.41, 5.74) is 2.22. The van der Waals surface area contributed by atoms with E-state index in [4.69, 9.17) is 21.1 Å². The van der Waals surface area contributed by atoms with Gasteiger partial charge in [0, 0.05) is 30.4 Å². The third kappa shape index (κ3) is 4.79. The normalized spacial score (nSPS) is 21.2. The lowest BCUT2D eigenvalue weighted by atomic mass is 10.1. The maximum Gasteiger partial charge on any atom is 0.251 e. The molecule has 0 saturated carbocycles. The van der Waals surface area contributed by atoms with Crippen molar-refractivity contribution in [2.45, 2.75) is 31.1 Å². The summed E-state index contributed by atoms with van der Waals surface area (Å²) in [5.74, 6) is 0.692. The summed E-state index contributed by atoms with van der Waals surface area (Å²) >= 11 is 6.13. The van der Waals surface area contributed by atoms with Crippen molar-refractivity contribution in [1.82, 2.24) is 29.8 Å². The quantitative estimate of drug-likeness (QED) is 0.279. The first-order valence-electron chi connectivity index (χ1n) is 11.3. The zero-order valence-electron chi connectivity index (χ0n) is 19.9. The van der Waals surface area contributed by atoms with Gasteiger partial charge in [0.2, 0.25) is 0 Å². The average molecular weight is 526 g/mol. The highest BCUT2D eigenvalue weighted by Crippen LogP contribution is 2.34. The number of benzene rings is 1. The van der Waals surface area contributed by atoms with E-state index < -0.39 is 30.4 Å². The second-order valence-electron chi connectivity index (χ2n) is 8.36. The lowest BCUT2D eigenvalue weighted by Crippen LogP contribution is -2.41. The molecule has 0 bridgehead atoms. The Labute approximate surface area is 216 Å². The van der Waals surface area contributed by atoms with Crippen LogP contribution < -0.4 is 15.4 Å². The number of aromatic nitrogens is 5. The van der Waals surface area contributed by atoms with E-state index in [1.165, 1.54) is 25.1 Å². The minimum absolute atomic E-state index is 0.310. The van der Waals surface area contributed by atoms with Crippen LogP contribution in [0, 0.1) is 0 Å². The van der Waals surface area contributed by atoms with Gasteiger partial charge in [-0.2, -0.15) is 0 Å². The number of anilines is 1. The molecule has 4 heterocycles. The number of rotatable bonds is 7. The summed E-state index contributed by atoms with van der Waals surface area (Å²) in [6, 6.07) is 9.13. The number of imidazole rings is 1. The molecule has 192 valence electrons. The molecule has 0 aliphatic carbocycles. The van der Waals surface area contributed by atoms with E-state index in [2.05, 4.69) is 30.6 Å². The highest BCUT2D eigenvalue weighted by Gasteiger charge is 2.47. The van der Waals surface area contributed by atoms with Crippen LogP contribution in [0.15, 0.2) is 49.1 Å². The zero-order valence-corrected chi connectivity index (χ0v) is 20.6. The number of halogens is 1. The molecule has 5 rings (SSSR count). The third-order valence-electron chi connectivity index (χ3n) is 5.99. The highest BCUT2D eigenvalue weighted by molar-refractivity contribution is 6.30. The first-order chi connectivity index (χ1) is 17.9. The van der Waals surface area contributed by atoms with E-state index >= 15 is 0 Å². The number of likely N-dealkylation sites (N-methyl/N-ethyl adjacent to an activating group) is 1. The van der Waals surface area contributed by atoms with Crippen LogP contribution in [0.2, 0.25) is 5.02 Å². The maximum absolute atomic E-state index is 12.2. The van der Waals surface area contributed by atoms with Gasteiger partial charge in [0.05, 0.1) is 19.6 Å². The van der Waals surface area contributed by atoms with Crippen LogP contribution in [-0.2, 0) is 16.1 Å². The van der Waals surface area contributed by atoms with Crippen molar-refractivity contribution in [1.29, 1.82) is 0 Å². The predicted octanol–water partition coefficient (Wildman–Crippen LogP) is 1.53. The molecular weight excluding hydrogens is 502 g/mol. The summed E-state index contributed by atoms with van der Waals surface area (Å²) in [6.45, 7) is 0.398. The number of nitrogens with zero attached hydrogens (tertiary/aromatic N) is 5. The van der Waals surface area contributed by atoms with Crippen molar-refractivity contribution in [3.05, 3.63) is 59.6 Å². The summed E-state index contributed by atoms with van der Waals surface area (Å²) in [7, 11) is 2.95. The van der Waals surface area contributed by atoms with Crippen molar-refractivity contribution in [3.8, 4) is 17.1 Å². The third-order valence-corrected chi connectivity index (χ3v) is 6.23. The largest absolute Gasteiger partial charge is 0.495 e. The molecule has 12 nitrogen and oxygen atoms in total. The van der Waals surface area contributed by atoms with Crippen LogP contribution >= 0.6 is 11.6 Å². The van der Waals surface area contributed by atoms with Crippen LogP contribution in [0.3, 0.4) is 0 Å². The molecule has 1 saturated heterocycles. The fraction of sp³-hybridized carbons (Fsp3) is 0.292. The zero-order chi connectivity index (χ0) is 26.1. The molecule has 1 aromatic carbocycles. The lowest BCUT2D eigenvalue weighted by molar-refractivity contribution is -0.137. The van der Waals surface area contributed by atoms with E-state index in [1.807, 2.05) is 18.2 Å². The molecule has 3 aromatic heterocycles. The van der Waals surface area contributed by atoms with Gasteiger partial charge in [-0.15, -0.1) is 0 Å². The van der Waals surface area contributed by atoms with Gasteiger partial charge in [0.15, 0.2) is 35.1 Å². The molecule has 4 aromatic rings. The van der Waals surface area contributed by atoms with Crippen molar-refractivity contribution in [2.24, 2.45) is 0 Å². The lowest BCUT2D eigenvalue weighted by Gasteiger charge is -2.17. The molecule has 0 radical (unpaired) electrons. The molecule has 4 N–H and O–H groups in total. The van der Waals surface area contributed by atoms with Gasteiger partial charge >= 0.3 is 0 Å². The molecule has 13 heteroatoms. The van der Waals surface area contributed by atoms with E-state index in [0.29, 0.717) is 45.7 Å². The number of aliphatic hydroxyl groups is 2. The maximum atomic E-state index is 12.2. The Morgan fingerprint density at radius 2 is 2.05 bits per heavy atom. The van der Waals surface area contributed by atoms with Gasteiger partial charge in [-0.25, -0.2) is 15.0 Å². The number of methoxy groups -OCH3 is 1. The number of ether oxygens (including phenoxy) is 2. The van der Waals surface area contributed by atoms with Gasteiger partial charge < -0.3 is 30.3 Å². The van der Waals surface area contributed by atoms with Crippen LogP contribution in [0.4, 0.5) is 5.82 Å². The topological polar surface area (TPSA) is 157 Å². The first kappa shape index (κ1) is 24.8. The van der Waals surface area contributed by atoms with Crippen molar-refractivity contribution >= 4 is 34.5 Å². The fourth-order valence-corrected chi connectivity index (χ4v) is 4.30. The van der Waals surface area contributed by atoms with Gasteiger partial charge in [-0.3, -0.25) is 14.3 Å². The minimum atomic E-state index is -1.44. The highest BCUT2D eigenvalue weighted by atomic mass is 35.5.